The van der Waals surface area contributed by atoms with E-state index in [2.05, 4.69) is 11.1 Å². The molecule has 3 aliphatic heterocycles. The normalized spacial score (nSPS) is 20.2. The van der Waals surface area contributed by atoms with Crippen molar-refractivity contribution in [2.24, 2.45) is 0 Å². The fourth-order valence-electron chi connectivity index (χ4n) is 6.18. The Kier molecular flexibility index (Phi) is 6.14. The zero-order valence-corrected chi connectivity index (χ0v) is 22.0. The molecule has 0 aliphatic carbocycles. The lowest BCUT2D eigenvalue weighted by atomic mass is 9.81. The van der Waals surface area contributed by atoms with Crippen LogP contribution < -0.4 is 9.47 Å². The number of amides is 3. The summed E-state index contributed by atoms with van der Waals surface area (Å²) in [5.41, 5.74) is 3.25. The Morgan fingerprint density at radius 2 is 1.97 bits per heavy atom. The van der Waals surface area contributed by atoms with Crippen LogP contribution in [0.3, 0.4) is 0 Å². The molecule has 0 unspecified atom stereocenters. The van der Waals surface area contributed by atoms with Crippen molar-refractivity contribution in [2.45, 2.75) is 51.6 Å². The summed E-state index contributed by atoms with van der Waals surface area (Å²) >= 11 is 0. The molecule has 5 rings (SSSR count). The maximum absolute atomic E-state index is 13.8. The highest BCUT2D eigenvalue weighted by Gasteiger charge is 2.55. The number of likely N-dealkylation sites (tertiary alicyclic amines) is 1. The molecule has 0 N–H and O–H groups in total. The second-order valence-electron chi connectivity index (χ2n) is 9.73. The summed E-state index contributed by atoms with van der Waals surface area (Å²) in [6, 6.07) is 3.70. The average molecular weight is 505 g/mol. The van der Waals surface area contributed by atoms with Crippen molar-refractivity contribution in [2.75, 3.05) is 33.9 Å². The highest BCUT2D eigenvalue weighted by Crippen LogP contribution is 2.49. The summed E-state index contributed by atoms with van der Waals surface area (Å²) in [4.78, 5) is 32.7. The first-order chi connectivity index (χ1) is 17.8. The van der Waals surface area contributed by atoms with Gasteiger partial charge in [0.25, 0.3) is 5.91 Å². The zero-order chi connectivity index (χ0) is 26.5. The van der Waals surface area contributed by atoms with Gasteiger partial charge < -0.3 is 23.8 Å². The van der Waals surface area contributed by atoms with Gasteiger partial charge in [0.2, 0.25) is 0 Å². The first-order valence-electron chi connectivity index (χ1n) is 12.5. The van der Waals surface area contributed by atoms with Crippen LogP contribution in [0.4, 0.5) is 4.79 Å². The number of carbonyl (C=O) groups excluding carboxylic acids is 2. The van der Waals surface area contributed by atoms with Gasteiger partial charge in [-0.2, -0.15) is 0 Å². The molecule has 3 aliphatic rings. The highest BCUT2D eigenvalue weighted by atomic mass is 16.5. The Hall–Kier alpha value is -3.93. The number of urea groups is 1. The van der Waals surface area contributed by atoms with Crippen LogP contribution in [0.25, 0.3) is 0 Å². The lowest BCUT2D eigenvalue weighted by Gasteiger charge is -2.44. The van der Waals surface area contributed by atoms with E-state index >= 15 is 0 Å². The Morgan fingerprint density at radius 3 is 2.54 bits per heavy atom. The summed E-state index contributed by atoms with van der Waals surface area (Å²) in [5, 5.41) is 3.94. The zero-order valence-electron chi connectivity index (χ0n) is 22.0. The molecule has 0 bridgehead atoms. The van der Waals surface area contributed by atoms with Crippen LogP contribution in [0.5, 0.6) is 11.5 Å². The van der Waals surface area contributed by atoms with E-state index in [1.165, 1.54) is 0 Å². The van der Waals surface area contributed by atoms with Gasteiger partial charge in [0.1, 0.15) is 22.8 Å². The molecule has 9 nitrogen and oxygen atoms in total. The van der Waals surface area contributed by atoms with Gasteiger partial charge in [0, 0.05) is 37.0 Å². The number of benzene rings is 1. The number of fused-ring (bicyclic) bond motifs is 3. The second-order valence-corrected chi connectivity index (χ2v) is 9.73. The van der Waals surface area contributed by atoms with Crippen LogP contribution >= 0.6 is 0 Å². The van der Waals surface area contributed by atoms with Gasteiger partial charge in [-0.3, -0.25) is 9.69 Å². The van der Waals surface area contributed by atoms with E-state index in [0.717, 1.165) is 16.8 Å². The van der Waals surface area contributed by atoms with E-state index in [1.54, 1.807) is 28.1 Å². The second kappa shape index (κ2) is 9.18. The Labute approximate surface area is 217 Å². The van der Waals surface area contributed by atoms with Crippen molar-refractivity contribution in [3.63, 3.8) is 0 Å². The lowest BCUT2D eigenvalue weighted by molar-refractivity contribution is 0.0573. The van der Waals surface area contributed by atoms with Crippen molar-refractivity contribution in [3.8, 4) is 23.8 Å². The summed E-state index contributed by atoms with van der Waals surface area (Å²) in [6.45, 7) is 7.45. The predicted octanol–water partition coefficient (Wildman–Crippen LogP) is 3.86. The number of hydrogen-bond donors (Lipinski definition) is 0. The molecule has 1 atom stereocenters. The Bertz CT molecular complexity index is 1310. The number of likely N-dealkylation sites (N-methyl/N-ethyl adjacent to an activating group) is 1. The minimum atomic E-state index is -0.546. The Morgan fingerprint density at radius 1 is 1.24 bits per heavy atom. The molecule has 9 heteroatoms. The molecule has 1 aromatic carbocycles. The number of aromatic nitrogens is 1. The molecule has 1 aromatic heterocycles. The molecule has 3 amide bonds. The summed E-state index contributed by atoms with van der Waals surface area (Å²) in [6.07, 6.45) is 9.32. The van der Waals surface area contributed by atoms with Crippen molar-refractivity contribution >= 4 is 11.9 Å². The highest BCUT2D eigenvalue weighted by molar-refractivity contribution is 5.96. The quantitative estimate of drug-likeness (QED) is 0.588. The van der Waals surface area contributed by atoms with Crippen LogP contribution in [-0.2, 0) is 6.54 Å². The third-order valence-electron chi connectivity index (χ3n) is 7.99. The molecule has 2 fully saturated rings. The maximum Gasteiger partial charge on any atom is 0.325 e. The number of ether oxygens (including phenoxy) is 2. The number of allylic oxidation sites excluding steroid dienone is 1. The van der Waals surface area contributed by atoms with Crippen LogP contribution in [0.1, 0.15) is 58.6 Å². The van der Waals surface area contributed by atoms with Crippen molar-refractivity contribution in [1.82, 2.24) is 19.9 Å². The molecule has 2 saturated heterocycles. The SMILES string of the molecule is C#C[C@H]1C=C2N(Cc3cc(OC)cc(OC)c31)C(=O)N(CC)C21CCN(C(=O)c2c(C)noc2C)CC1. The van der Waals surface area contributed by atoms with Crippen LogP contribution in [0, 0.1) is 26.2 Å². The van der Waals surface area contributed by atoms with Crippen LogP contribution in [-0.4, -0.2) is 71.2 Å². The van der Waals surface area contributed by atoms with Gasteiger partial charge in [0.15, 0.2) is 0 Å². The smallest absolute Gasteiger partial charge is 0.325 e. The van der Waals surface area contributed by atoms with E-state index in [0.29, 0.717) is 67.5 Å². The molecule has 0 radical (unpaired) electrons. The minimum Gasteiger partial charge on any atom is -0.497 e. The molecular formula is C28H32N4O5. The third kappa shape index (κ3) is 3.66. The van der Waals surface area contributed by atoms with Crippen molar-refractivity contribution in [3.05, 3.63) is 52.1 Å². The fraction of sp³-hybridized carbons (Fsp3) is 0.464. The van der Waals surface area contributed by atoms with E-state index in [9.17, 15) is 9.59 Å². The standard InChI is InChI=1S/C28H32N4O5/c1-7-19-14-23-28(9-11-30(12-10-28)26(33)24-17(3)29-37-18(24)4)32(8-2)27(34)31(23)16-20-13-21(35-5)15-22(36-6)25(19)20/h1,13-15,19H,8-12,16H2,2-6H3/t19-/m0/s1. The summed E-state index contributed by atoms with van der Waals surface area (Å²) in [7, 11) is 3.21. The number of methoxy groups -OCH3 is 2. The third-order valence-corrected chi connectivity index (χ3v) is 7.99. The summed E-state index contributed by atoms with van der Waals surface area (Å²) < 4.78 is 16.4. The number of piperidine rings is 1. The number of nitrogens with zero attached hydrogens (tertiary/aromatic N) is 4. The van der Waals surface area contributed by atoms with E-state index in [1.807, 2.05) is 39.8 Å². The molecule has 194 valence electrons. The van der Waals surface area contributed by atoms with Gasteiger partial charge in [-0.05, 0) is 51.3 Å². The van der Waals surface area contributed by atoms with Gasteiger partial charge >= 0.3 is 6.03 Å². The number of hydrogen-bond acceptors (Lipinski definition) is 6. The predicted molar refractivity (Wildman–Crippen MR) is 136 cm³/mol. The maximum atomic E-state index is 13.8. The van der Waals surface area contributed by atoms with E-state index in [4.69, 9.17) is 20.4 Å². The number of terminal acetylenes is 1. The van der Waals surface area contributed by atoms with Gasteiger partial charge in [-0.25, -0.2) is 4.79 Å². The first-order valence-corrected chi connectivity index (χ1v) is 12.5. The number of rotatable bonds is 4. The van der Waals surface area contributed by atoms with Crippen molar-refractivity contribution in [1.29, 1.82) is 0 Å². The average Bonchev–Trinajstić information content (AvgIpc) is 3.26. The Balaban J connectivity index is 1.53. The largest absolute Gasteiger partial charge is 0.497 e. The fourth-order valence-corrected chi connectivity index (χ4v) is 6.18. The summed E-state index contributed by atoms with van der Waals surface area (Å²) in [5.74, 6) is 4.26. The van der Waals surface area contributed by atoms with E-state index < -0.39 is 5.54 Å². The molecule has 0 saturated carbocycles. The van der Waals surface area contributed by atoms with Gasteiger partial charge in [-0.15, -0.1) is 6.42 Å². The monoisotopic (exact) mass is 504 g/mol. The first kappa shape index (κ1) is 24.8. The van der Waals surface area contributed by atoms with E-state index in [-0.39, 0.29) is 17.9 Å². The van der Waals surface area contributed by atoms with Crippen LogP contribution in [0.15, 0.2) is 28.4 Å². The van der Waals surface area contributed by atoms with Crippen LogP contribution in [0.2, 0.25) is 0 Å². The van der Waals surface area contributed by atoms with Crippen molar-refractivity contribution < 1.29 is 23.6 Å². The molecule has 1 spiro atoms. The lowest BCUT2D eigenvalue weighted by Crippen LogP contribution is -2.54. The minimum absolute atomic E-state index is 0.0512. The number of carbonyl (C=O) groups is 2. The molecular weight excluding hydrogens is 472 g/mol. The number of aryl methyl sites for hydroxylation is 2. The molecule has 37 heavy (non-hydrogen) atoms. The molecule has 4 heterocycles. The topological polar surface area (TPSA) is 88.4 Å². The van der Waals surface area contributed by atoms with Gasteiger partial charge in [-0.1, -0.05) is 11.1 Å². The molecule has 2 aromatic rings. The van der Waals surface area contributed by atoms with Gasteiger partial charge in [0.05, 0.1) is 37.9 Å².